The van der Waals surface area contributed by atoms with Crippen LogP contribution in [0.25, 0.3) is 10.4 Å². The summed E-state index contributed by atoms with van der Waals surface area (Å²) in [6.07, 6.45) is 5.51. The van der Waals surface area contributed by atoms with Crippen LogP contribution in [-0.4, -0.2) is 50.7 Å². The van der Waals surface area contributed by atoms with Crippen molar-refractivity contribution >= 4 is 39.9 Å². The third-order valence-electron chi connectivity index (χ3n) is 6.07. The van der Waals surface area contributed by atoms with Gasteiger partial charge in [0.25, 0.3) is 5.91 Å². The van der Waals surface area contributed by atoms with Crippen molar-refractivity contribution in [1.82, 2.24) is 20.1 Å². The maximum atomic E-state index is 13.5. The van der Waals surface area contributed by atoms with E-state index in [-0.39, 0.29) is 17.6 Å². The third-order valence-corrected chi connectivity index (χ3v) is 8.18. The number of piperidine rings is 1. The van der Waals surface area contributed by atoms with Gasteiger partial charge in [-0.3, -0.25) is 14.7 Å². The van der Waals surface area contributed by atoms with Crippen molar-refractivity contribution < 1.29 is 9.59 Å². The van der Waals surface area contributed by atoms with Gasteiger partial charge < -0.3 is 10.2 Å². The molecule has 0 spiro atoms. The molecule has 0 unspecified atom stereocenters. The molecule has 1 aliphatic heterocycles. The zero-order chi connectivity index (χ0) is 22.8. The lowest BCUT2D eigenvalue weighted by molar-refractivity contribution is -0.113. The number of hydrogen-bond donors (Lipinski definition) is 2. The number of thiophene rings is 1. The van der Waals surface area contributed by atoms with E-state index in [2.05, 4.69) is 20.5 Å². The van der Waals surface area contributed by atoms with Crippen LogP contribution >= 0.6 is 23.1 Å². The Morgan fingerprint density at radius 2 is 1.94 bits per heavy atom. The van der Waals surface area contributed by atoms with Crippen molar-refractivity contribution in [2.45, 2.75) is 50.1 Å². The number of benzene rings is 1. The van der Waals surface area contributed by atoms with Crippen LogP contribution in [-0.2, 0) is 4.79 Å². The minimum Gasteiger partial charge on any atom is -0.339 e. The van der Waals surface area contributed by atoms with E-state index in [0.29, 0.717) is 21.6 Å². The Morgan fingerprint density at radius 3 is 2.67 bits per heavy atom. The number of aromatic nitrogens is 3. The van der Waals surface area contributed by atoms with E-state index < -0.39 is 0 Å². The minimum atomic E-state index is -0.161. The Hall–Kier alpha value is -2.65. The van der Waals surface area contributed by atoms with Gasteiger partial charge >= 0.3 is 0 Å². The van der Waals surface area contributed by atoms with Gasteiger partial charge in [0.2, 0.25) is 11.1 Å². The quantitative estimate of drug-likeness (QED) is 0.460. The first-order valence-corrected chi connectivity index (χ1v) is 13.2. The molecule has 7 nitrogen and oxygen atoms in total. The molecule has 1 aliphatic carbocycles. The summed E-state index contributed by atoms with van der Waals surface area (Å²) in [5.74, 6) is 1.45. The van der Waals surface area contributed by atoms with Crippen LogP contribution in [0.4, 0.5) is 5.00 Å². The minimum absolute atomic E-state index is 0.0108. The van der Waals surface area contributed by atoms with Crippen LogP contribution in [0.5, 0.6) is 0 Å². The number of hydrogen-bond acceptors (Lipinski definition) is 6. The molecule has 1 saturated heterocycles. The molecule has 1 aromatic carbocycles. The van der Waals surface area contributed by atoms with Crippen molar-refractivity contribution in [3.05, 3.63) is 47.3 Å². The molecule has 9 heteroatoms. The Bertz CT molecular complexity index is 1150. The van der Waals surface area contributed by atoms with Gasteiger partial charge in [-0.05, 0) is 50.2 Å². The average Bonchev–Trinajstić information content (AvgIpc) is 3.50. The van der Waals surface area contributed by atoms with E-state index in [4.69, 9.17) is 0 Å². The molecule has 33 heavy (non-hydrogen) atoms. The van der Waals surface area contributed by atoms with Crippen molar-refractivity contribution in [3.63, 3.8) is 0 Å². The second-order valence-electron chi connectivity index (χ2n) is 8.59. The summed E-state index contributed by atoms with van der Waals surface area (Å²) in [5, 5.41) is 11.4. The second-order valence-corrected chi connectivity index (χ2v) is 10.6. The standard InChI is InChI=1S/C24H27N5O2S2/c1-15-19(23(31)29-12-6-3-7-13-29)22(33-20(15)16-8-4-2-5-9-16)25-18(30)14-32-24-26-21(27-28-24)17-10-11-17/h2,4-5,8-9,17H,3,6-7,10-14H2,1H3,(H,25,30)(H,26,27,28). The zero-order valence-corrected chi connectivity index (χ0v) is 20.2. The molecule has 3 heterocycles. The van der Waals surface area contributed by atoms with Crippen molar-refractivity contribution in [2.24, 2.45) is 0 Å². The molecule has 172 valence electrons. The molecule has 2 amide bonds. The number of carbonyl (C=O) groups excluding carboxylic acids is 2. The number of carbonyl (C=O) groups is 2. The van der Waals surface area contributed by atoms with Gasteiger partial charge in [-0.1, -0.05) is 42.1 Å². The highest BCUT2D eigenvalue weighted by Crippen LogP contribution is 2.41. The summed E-state index contributed by atoms with van der Waals surface area (Å²) in [6.45, 7) is 3.52. The Kier molecular flexibility index (Phi) is 6.50. The van der Waals surface area contributed by atoms with Gasteiger partial charge in [-0.25, -0.2) is 4.98 Å². The number of anilines is 1. The fraction of sp³-hybridized carbons (Fsp3) is 0.417. The summed E-state index contributed by atoms with van der Waals surface area (Å²) in [7, 11) is 0. The lowest BCUT2D eigenvalue weighted by atomic mass is 10.0. The van der Waals surface area contributed by atoms with Crippen LogP contribution in [0.3, 0.4) is 0 Å². The molecule has 2 fully saturated rings. The number of thioether (sulfide) groups is 1. The summed E-state index contributed by atoms with van der Waals surface area (Å²) in [5.41, 5.74) is 2.59. The smallest absolute Gasteiger partial charge is 0.257 e. The monoisotopic (exact) mass is 481 g/mol. The Labute approximate surface area is 201 Å². The summed E-state index contributed by atoms with van der Waals surface area (Å²) >= 11 is 2.78. The number of amides is 2. The first-order valence-electron chi connectivity index (χ1n) is 11.4. The first kappa shape index (κ1) is 22.2. The van der Waals surface area contributed by atoms with Crippen molar-refractivity contribution in [2.75, 3.05) is 24.2 Å². The molecular formula is C24H27N5O2S2. The van der Waals surface area contributed by atoms with Gasteiger partial charge in [0.05, 0.1) is 11.3 Å². The predicted molar refractivity (Wildman–Crippen MR) is 132 cm³/mol. The molecule has 0 radical (unpaired) electrons. The summed E-state index contributed by atoms with van der Waals surface area (Å²) in [4.78, 5) is 33.7. The fourth-order valence-electron chi connectivity index (χ4n) is 4.13. The number of nitrogens with zero attached hydrogens (tertiary/aromatic N) is 3. The highest BCUT2D eigenvalue weighted by molar-refractivity contribution is 7.99. The average molecular weight is 482 g/mol. The van der Waals surface area contributed by atoms with E-state index in [9.17, 15) is 9.59 Å². The van der Waals surface area contributed by atoms with E-state index in [0.717, 1.165) is 67.0 Å². The Morgan fingerprint density at radius 1 is 1.18 bits per heavy atom. The van der Waals surface area contributed by atoms with Crippen LogP contribution in [0.2, 0.25) is 0 Å². The van der Waals surface area contributed by atoms with Crippen molar-refractivity contribution in [1.29, 1.82) is 0 Å². The SMILES string of the molecule is Cc1c(-c2ccccc2)sc(NC(=O)CSc2n[nH]c(C3CC3)n2)c1C(=O)N1CCCCC1. The maximum Gasteiger partial charge on any atom is 0.257 e. The maximum absolute atomic E-state index is 13.5. The number of likely N-dealkylation sites (tertiary alicyclic amines) is 1. The lowest BCUT2D eigenvalue weighted by Gasteiger charge is -2.27. The van der Waals surface area contributed by atoms with E-state index in [1.165, 1.54) is 23.1 Å². The molecular weight excluding hydrogens is 454 g/mol. The van der Waals surface area contributed by atoms with Gasteiger partial charge in [-0.15, -0.1) is 16.4 Å². The number of aromatic amines is 1. The zero-order valence-electron chi connectivity index (χ0n) is 18.6. The van der Waals surface area contributed by atoms with Crippen LogP contribution in [0.15, 0.2) is 35.5 Å². The molecule has 2 aromatic heterocycles. The van der Waals surface area contributed by atoms with Gasteiger partial charge in [0, 0.05) is 23.9 Å². The molecule has 1 saturated carbocycles. The van der Waals surface area contributed by atoms with E-state index in [1.807, 2.05) is 42.2 Å². The van der Waals surface area contributed by atoms with Gasteiger partial charge in [-0.2, -0.15) is 0 Å². The normalized spacial score (nSPS) is 16.1. The van der Waals surface area contributed by atoms with Gasteiger partial charge in [0.15, 0.2) is 0 Å². The van der Waals surface area contributed by atoms with Crippen LogP contribution in [0.1, 0.15) is 59.8 Å². The summed E-state index contributed by atoms with van der Waals surface area (Å²) < 4.78 is 0. The topological polar surface area (TPSA) is 91.0 Å². The van der Waals surface area contributed by atoms with E-state index >= 15 is 0 Å². The summed E-state index contributed by atoms with van der Waals surface area (Å²) in [6, 6.07) is 10.0. The molecule has 5 rings (SSSR count). The van der Waals surface area contributed by atoms with E-state index in [1.54, 1.807) is 0 Å². The Balaban J connectivity index is 1.36. The number of H-pyrrole nitrogens is 1. The molecule has 2 N–H and O–H groups in total. The number of nitrogens with one attached hydrogen (secondary N) is 2. The van der Waals surface area contributed by atoms with Crippen LogP contribution < -0.4 is 5.32 Å². The largest absolute Gasteiger partial charge is 0.339 e. The molecule has 0 atom stereocenters. The van der Waals surface area contributed by atoms with Crippen LogP contribution in [0, 0.1) is 6.92 Å². The fourth-order valence-corrected chi connectivity index (χ4v) is 5.96. The van der Waals surface area contributed by atoms with Gasteiger partial charge in [0.1, 0.15) is 10.8 Å². The predicted octanol–water partition coefficient (Wildman–Crippen LogP) is 5.08. The highest BCUT2D eigenvalue weighted by atomic mass is 32.2. The molecule has 0 bridgehead atoms. The first-order chi connectivity index (χ1) is 16.1. The molecule has 3 aromatic rings. The highest BCUT2D eigenvalue weighted by Gasteiger charge is 2.29. The third kappa shape index (κ3) is 4.99. The molecule has 2 aliphatic rings. The number of rotatable bonds is 7. The van der Waals surface area contributed by atoms with Crippen molar-refractivity contribution in [3.8, 4) is 10.4 Å². The lowest BCUT2D eigenvalue weighted by Crippen LogP contribution is -2.36. The second kappa shape index (κ2) is 9.69.